The summed E-state index contributed by atoms with van der Waals surface area (Å²) in [6, 6.07) is -0.434. The fourth-order valence-electron chi connectivity index (χ4n) is 2.48. The van der Waals surface area contributed by atoms with Crippen LogP contribution in [0.15, 0.2) is 4.52 Å². The maximum Gasteiger partial charge on any atom is 0.320 e. The first kappa shape index (κ1) is 13.0. The Labute approximate surface area is 106 Å². The number of carboxylic acid groups (broad SMARTS) is 1. The molecule has 1 aromatic heterocycles. The fraction of sp³-hybridized carbons (Fsp3) is 0.750. The quantitative estimate of drug-likeness (QED) is 0.875. The van der Waals surface area contributed by atoms with Gasteiger partial charge in [0, 0.05) is 0 Å². The van der Waals surface area contributed by atoms with Crippen LogP contribution < -0.4 is 0 Å². The normalized spacial score (nSPS) is 25.2. The average molecular weight is 253 g/mol. The van der Waals surface area contributed by atoms with Crippen LogP contribution in [-0.2, 0) is 11.3 Å². The van der Waals surface area contributed by atoms with Crippen molar-refractivity contribution in [2.75, 3.05) is 6.54 Å². The maximum absolute atomic E-state index is 11.3. The molecule has 6 heteroatoms. The summed E-state index contributed by atoms with van der Waals surface area (Å²) in [4.78, 5) is 17.4. The van der Waals surface area contributed by atoms with Crippen molar-refractivity contribution in [3.8, 4) is 0 Å². The molecule has 0 bridgehead atoms. The molecule has 2 atom stereocenters. The number of carboxylic acids is 1. The number of hydrogen-bond donors (Lipinski definition) is 1. The van der Waals surface area contributed by atoms with Crippen LogP contribution in [0.1, 0.15) is 37.9 Å². The molecule has 0 spiro atoms. The second-order valence-electron chi connectivity index (χ2n) is 4.86. The third-order valence-electron chi connectivity index (χ3n) is 3.59. The first-order chi connectivity index (χ1) is 8.60. The number of rotatable bonds is 4. The number of likely N-dealkylation sites (tertiary alicyclic amines) is 1. The lowest BCUT2D eigenvalue weighted by Gasteiger charge is -2.35. The Morgan fingerprint density at radius 3 is 2.94 bits per heavy atom. The molecular weight excluding hydrogens is 234 g/mol. The number of hydrogen-bond acceptors (Lipinski definition) is 5. The van der Waals surface area contributed by atoms with E-state index in [0.29, 0.717) is 30.6 Å². The molecule has 0 saturated carbocycles. The van der Waals surface area contributed by atoms with E-state index in [0.717, 1.165) is 19.4 Å². The van der Waals surface area contributed by atoms with E-state index in [2.05, 4.69) is 17.1 Å². The summed E-state index contributed by atoms with van der Waals surface area (Å²) in [6.45, 7) is 5.07. The SMILES string of the molecule is CCC1CCN(Cc2nc(C)no2)C(C(=O)O)C1. The van der Waals surface area contributed by atoms with Crippen LogP contribution in [0, 0.1) is 12.8 Å². The largest absolute Gasteiger partial charge is 0.480 e. The second-order valence-corrected chi connectivity index (χ2v) is 4.86. The van der Waals surface area contributed by atoms with E-state index in [-0.39, 0.29) is 0 Å². The highest BCUT2D eigenvalue weighted by atomic mass is 16.5. The molecule has 0 radical (unpaired) electrons. The van der Waals surface area contributed by atoms with Crippen molar-refractivity contribution in [3.63, 3.8) is 0 Å². The van der Waals surface area contributed by atoms with Gasteiger partial charge in [-0.05, 0) is 32.2 Å². The molecule has 1 aliphatic heterocycles. The van der Waals surface area contributed by atoms with Crippen LogP contribution in [0.2, 0.25) is 0 Å². The Kier molecular flexibility index (Phi) is 3.96. The van der Waals surface area contributed by atoms with Gasteiger partial charge in [-0.1, -0.05) is 18.5 Å². The zero-order valence-electron chi connectivity index (χ0n) is 10.8. The first-order valence-corrected chi connectivity index (χ1v) is 6.36. The van der Waals surface area contributed by atoms with Gasteiger partial charge >= 0.3 is 5.97 Å². The highest BCUT2D eigenvalue weighted by molar-refractivity contribution is 5.73. The summed E-state index contributed by atoms with van der Waals surface area (Å²) < 4.78 is 5.05. The smallest absolute Gasteiger partial charge is 0.320 e. The third-order valence-corrected chi connectivity index (χ3v) is 3.59. The summed E-state index contributed by atoms with van der Waals surface area (Å²) in [5.74, 6) is 0.824. The number of piperidine rings is 1. The van der Waals surface area contributed by atoms with Crippen molar-refractivity contribution in [3.05, 3.63) is 11.7 Å². The Bertz CT molecular complexity index is 418. The number of nitrogens with zero attached hydrogens (tertiary/aromatic N) is 3. The van der Waals surface area contributed by atoms with Gasteiger partial charge in [-0.3, -0.25) is 9.69 Å². The van der Waals surface area contributed by atoms with Crippen LogP contribution in [0.5, 0.6) is 0 Å². The Hall–Kier alpha value is -1.43. The highest BCUT2D eigenvalue weighted by Crippen LogP contribution is 2.26. The minimum absolute atomic E-state index is 0.425. The molecular formula is C12H19N3O3. The summed E-state index contributed by atoms with van der Waals surface area (Å²) in [6.07, 6.45) is 2.78. The molecule has 1 aliphatic rings. The lowest BCUT2D eigenvalue weighted by Crippen LogP contribution is -2.46. The zero-order chi connectivity index (χ0) is 13.1. The molecule has 0 aromatic carbocycles. The standard InChI is InChI=1S/C12H19N3O3/c1-3-9-4-5-15(10(6-9)12(16)17)7-11-13-8(2)14-18-11/h9-10H,3-7H2,1-2H3,(H,16,17). The van der Waals surface area contributed by atoms with Crippen LogP contribution in [0.25, 0.3) is 0 Å². The van der Waals surface area contributed by atoms with Crippen molar-refractivity contribution in [1.29, 1.82) is 0 Å². The molecule has 2 unspecified atom stereocenters. The fourth-order valence-corrected chi connectivity index (χ4v) is 2.48. The van der Waals surface area contributed by atoms with E-state index >= 15 is 0 Å². The Balaban J connectivity index is 2.04. The summed E-state index contributed by atoms with van der Waals surface area (Å²) >= 11 is 0. The molecule has 1 saturated heterocycles. The summed E-state index contributed by atoms with van der Waals surface area (Å²) in [7, 11) is 0. The number of aryl methyl sites for hydroxylation is 1. The van der Waals surface area contributed by atoms with Gasteiger partial charge in [0.15, 0.2) is 5.82 Å². The van der Waals surface area contributed by atoms with Crippen molar-refractivity contribution >= 4 is 5.97 Å². The molecule has 6 nitrogen and oxygen atoms in total. The number of aromatic nitrogens is 2. The Morgan fingerprint density at radius 2 is 2.39 bits per heavy atom. The van der Waals surface area contributed by atoms with Gasteiger partial charge in [-0.25, -0.2) is 0 Å². The van der Waals surface area contributed by atoms with Gasteiger partial charge in [0.05, 0.1) is 6.54 Å². The van der Waals surface area contributed by atoms with Gasteiger partial charge in [0.25, 0.3) is 0 Å². The van der Waals surface area contributed by atoms with E-state index in [4.69, 9.17) is 4.52 Å². The monoisotopic (exact) mass is 253 g/mol. The van der Waals surface area contributed by atoms with Gasteiger partial charge in [-0.2, -0.15) is 4.98 Å². The molecule has 1 fully saturated rings. The first-order valence-electron chi connectivity index (χ1n) is 6.36. The molecule has 1 N–H and O–H groups in total. The second kappa shape index (κ2) is 5.48. The lowest BCUT2D eigenvalue weighted by molar-refractivity contribution is -0.146. The van der Waals surface area contributed by atoms with Crippen molar-refractivity contribution in [2.24, 2.45) is 5.92 Å². The van der Waals surface area contributed by atoms with Crippen molar-refractivity contribution < 1.29 is 14.4 Å². The molecule has 100 valence electrons. The lowest BCUT2D eigenvalue weighted by atomic mass is 9.89. The van der Waals surface area contributed by atoms with Crippen LogP contribution >= 0.6 is 0 Å². The van der Waals surface area contributed by atoms with E-state index in [1.54, 1.807) is 6.92 Å². The number of carbonyl (C=O) groups is 1. The van der Waals surface area contributed by atoms with Gasteiger partial charge in [0.1, 0.15) is 6.04 Å². The predicted molar refractivity (Wildman–Crippen MR) is 63.9 cm³/mol. The molecule has 18 heavy (non-hydrogen) atoms. The number of aliphatic carboxylic acids is 1. The molecule has 2 heterocycles. The molecule has 1 aromatic rings. The van der Waals surface area contributed by atoms with Gasteiger partial charge in [0.2, 0.25) is 5.89 Å². The van der Waals surface area contributed by atoms with Crippen LogP contribution in [0.4, 0.5) is 0 Å². The minimum atomic E-state index is -0.760. The average Bonchev–Trinajstić information content (AvgIpc) is 2.75. The van der Waals surface area contributed by atoms with Gasteiger partial charge in [-0.15, -0.1) is 0 Å². The van der Waals surface area contributed by atoms with E-state index in [1.807, 2.05) is 4.90 Å². The van der Waals surface area contributed by atoms with E-state index in [1.165, 1.54) is 0 Å². The van der Waals surface area contributed by atoms with E-state index in [9.17, 15) is 9.90 Å². The van der Waals surface area contributed by atoms with Crippen LogP contribution in [0.3, 0.4) is 0 Å². The third kappa shape index (κ3) is 2.87. The van der Waals surface area contributed by atoms with E-state index < -0.39 is 12.0 Å². The van der Waals surface area contributed by atoms with Crippen molar-refractivity contribution in [2.45, 2.75) is 45.7 Å². The maximum atomic E-state index is 11.3. The summed E-state index contributed by atoms with van der Waals surface area (Å²) in [5, 5.41) is 13.0. The molecule has 0 amide bonds. The topological polar surface area (TPSA) is 79.5 Å². The summed E-state index contributed by atoms with van der Waals surface area (Å²) in [5.41, 5.74) is 0. The zero-order valence-corrected chi connectivity index (χ0v) is 10.8. The molecule has 0 aliphatic carbocycles. The highest BCUT2D eigenvalue weighted by Gasteiger charge is 2.33. The molecule has 2 rings (SSSR count). The van der Waals surface area contributed by atoms with Gasteiger partial charge < -0.3 is 9.63 Å². The predicted octanol–water partition coefficient (Wildman–Crippen LogP) is 1.45. The Morgan fingerprint density at radius 1 is 1.61 bits per heavy atom. The van der Waals surface area contributed by atoms with Crippen molar-refractivity contribution in [1.82, 2.24) is 15.0 Å². The van der Waals surface area contributed by atoms with Crippen LogP contribution in [-0.4, -0.2) is 38.7 Å². The minimum Gasteiger partial charge on any atom is -0.480 e.